The van der Waals surface area contributed by atoms with Gasteiger partial charge in [0.25, 0.3) is 0 Å². The fraction of sp³-hybridized carbons (Fsp3) is 0.143. The number of benzene rings is 11. The first-order valence-corrected chi connectivity index (χ1v) is 29.1. The van der Waals surface area contributed by atoms with Gasteiger partial charge in [0.15, 0.2) is 0 Å². The topological polar surface area (TPSA) is 23.0 Å². The van der Waals surface area contributed by atoms with E-state index >= 15 is 0 Å². The zero-order chi connectivity index (χ0) is 55.5. The third kappa shape index (κ3) is 6.28. The molecule has 17 rings (SSSR count). The van der Waals surface area contributed by atoms with Gasteiger partial charge in [0.05, 0.1) is 72.6 Å². The first-order chi connectivity index (χ1) is 39.8. The summed E-state index contributed by atoms with van der Waals surface area (Å²) in [6.07, 6.45) is 0. The SMILES string of the molecule is Cc1ccc(N(c2ccc(C)cc2)c2c(-n3c4ccc(C)cc4c4cc(C)ccc43)c3c4c(c2-n2c5ccc(C)cc5c5cc(C)ccc52)-n2c5ccc(C)cc5c5cc(C)cc(c52)C4c2cc(C)cc4c5cc(C)ccc5n-3c24)cc1. The van der Waals surface area contributed by atoms with E-state index in [1.165, 1.54) is 171 Å². The average Bonchev–Trinajstić information content (AvgIpc) is 1.95. The van der Waals surface area contributed by atoms with Gasteiger partial charge in [-0.2, -0.15) is 0 Å². The Balaban J connectivity index is 1.26. The Morgan fingerprint density at radius 2 is 0.524 bits per heavy atom. The molecule has 0 saturated carbocycles. The monoisotopic (exact) mass is 1060 g/mol. The molecule has 394 valence electrons. The highest BCUT2D eigenvalue weighted by atomic mass is 15.2. The molecule has 0 saturated heterocycles. The predicted octanol–water partition coefficient (Wildman–Crippen LogP) is 20.4. The molecule has 0 radical (unpaired) electrons. The third-order valence-corrected chi connectivity index (χ3v) is 18.6. The molecule has 11 aromatic carbocycles. The third-order valence-electron chi connectivity index (χ3n) is 18.6. The molecular formula is C77H61N5. The van der Waals surface area contributed by atoms with Crippen LogP contribution in [0.3, 0.4) is 0 Å². The summed E-state index contributed by atoms with van der Waals surface area (Å²) in [4.78, 5) is 2.63. The lowest BCUT2D eigenvalue weighted by atomic mass is 9.76. The van der Waals surface area contributed by atoms with Gasteiger partial charge in [-0.05, 0) is 190 Å². The van der Waals surface area contributed by atoms with E-state index in [4.69, 9.17) is 0 Å². The standard InChI is InChI=1S/C77H61N5/c1-41-11-21-51(22-12-41)78(52-23-13-42(2)14-24-52)77-75(79-63-25-15-43(3)31-53(63)54-32-44(4)16-26-64(54)79)73-70-69(61-39-49(9)37-59-57-35-47(7)19-29-67(57)81(73)71(59)61)62-40-50(10)38-60-58-36-48(8)20-30-68(58)82(72(60)62)74(70)76(77)80-65-27-17-45(5)33-55(65)56-34-46(6)18-28-66(56)80/h11-40,69H,1-10H3. The Kier molecular flexibility index (Phi) is 9.52. The molecule has 0 unspecified atom stereocenters. The van der Waals surface area contributed by atoms with Crippen LogP contribution in [0.25, 0.3) is 110 Å². The number of rotatable bonds is 5. The summed E-state index contributed by atoms with van der Waals surface area (Å²) in [6, 6.07) is 71.5. The van der Waals surface area contributed by atoms with Crippen molar-refractivity contribution in [3.8, 4) is 22.7 Å². The van der Waals surface area contributed by atoms with E-state index in [0.29, 0.717) is 0 Å². The molecule has 0 fully saturated rings. The van der Waals surface area contributed by atoms with Crippen LogP contribution >= 0.6 is 0 Å². The number of anilines is 3. The van der Waals surface area contributed by atoms with Crippen molar-refractivity contribution in [2.24, 2.45) is 0 Å². The maximum atomic E-state index is 2.73. The molecule has 82 heavy (non-hydrogen) atoms. The van der Waals surface area contributed by atoms with Crippen molar-refractivity contribution in [1.29, 1.82) is 0 Å². The fourth-order valence-electron chi connectivity index (χ4n) is 15.1. The van der Waals surface area contributed by atoms with E-state index in [9.17, 15) is 0 Å². The minimum Gasteiger partial charge on any atom is -0.306 e. The van der Waals surface area contributed by atoms with Gasteiger partial charge in [0.1, 0.15) is 0 Å². The Bertz CT molecular complexity index is 4930. The quantitative estimate of drug-likeness (QED) is 0.168. The Hall–Kier alpha value is -9.58. The molecule has 0 aliphatic carbocycles. The van der Waals surface area contributed by atoms with E-state index in [-0.39, 0.29) is 5.92 Å². The summed E-state index contributed by atoms with van der Waals surface area (Å²) in [6.45, 7) is 22.5. The zero-order valence-electron chi connectivity index (χ0n) is 48.1. The molecule has 0 bridgehead atoms. The van der Waals surface area contributed by atoms with E-state index in [2.05, 4.69) is 274 Å². The van der Waals surface area contributed by atoms with Crippen LogP contribution in [0, 0.1) is 69.2 Å². The molecule has 5 nitrogen and oxygen atoms in total. The predicted molar refractivity (Wildman–Crippen MR) is 347 cm³/mol. The van der Waals surface area contributed by atoms with Crippen LogP contribution in [-0.2, 0) is 0 Å². The summed E-state index contributed by atoms with van der Waals surface area (Å²) in [5.74, 6) is -0.153. The maximum absolute atomic E-state index is 2.73. The van der Waals surface area contributed by atoms with Gasteiger partial charge in [-0.15, -0.1) is 0 Å². The van der Waals surface area contributed by atoms with Crippen molar-refractivity contribution in [2.75, 3.05) is 4.90 Å². The molecule has 0 atom stereocenters. The first-order valence-electron chi connectivity index (χ1n) is 29.1. The van der Waals surface area contributed by atoms with Gasteiger partial charge < -0.3 is 23.2 Å². The van der Waals surface area contributed by atoms with Gasteiger partial charge in [0, 0.05) is 65.9 Å². The van der Waals surface area contributed by atoms with Crippen molar-refractivity contribution in [3.63, 3.8) is 0 Å². The van der Waals surface area contributed by atoms with Crippen LogP contribution in [0.4, 0.5) is 17.1 Å². The average molecular weight is 1060 g/mol. The Morgan fingerprint density at radius 1 is 0.256 bits per heavy atom. The van der Waals surface area contributed by atoms with Gasteiger partial charge in [0.2, 0.25) is 0 Å². The minimum absolute atomic E-state index is 0.153. The number of fused-ring (bicyclic) bond motifs is 16. The van der Waals surface area contributed by atoms with E-state index in [1.807, 2.05) is 0 Å². The fourth-order valence-corrected chi connectivity index (χ4v) is 15.1. The lowest BCUT2D eigenvalue weighted by molar-refractivity contribution is 0.866. The van der Waals surface area contributed by atoms with E-state index in [1.54, 1.807) is 0 Å². The minimum atomic E-state index is -0.153. The summed E-state index contributed by atoms with van der Waals surface area (Å²) in [7, 11) is 0. The smallest absolute Gasteiger partial charge is 0.0990 e. The summed E-state index contributed by atoms with van der Waals surface area (Å²) < 4.78 is 10.8. The molecule has 5 heteroatoms. The van der Waals surface area contributed by atoms with Crippen LogP contribution in [0.5, 0.6) is 0 Å². The zero-order valence-corrected chi connectivity index (χ0v) is 48.1. The van der Waals surface area contributed by atoms with Crippen LogP contribution < -0.4 is 4.90 Å². The number of hydrogen-bond donors (Lipinski definition) is 0. The van der Waals surface area contributed by atoms with Crippen molar-refractivity contribution in [3.05, 3.63) is 254 Å². The van der Waals surface area contributed by atoms with Crippen LogP contribution in [0.1, 0.15) is 78.2 Å². The van der Waals surface area contributed by atoms with Gasteiger partial charge in [-0.3, -0.25) is 0 Å². The van der Waals surface area contributed by atoms with Crippen LogP contribution in [0.15, 0.2) is 182 Å². The lowest BCUT2D eigenvalue weighted by Gasteiger charge is -2.41. The van der Waals surface area contributed by atoms with Crippen molar-refractivity contribution in [1.82, 2.24) is 18.3 Å². The molecule has 15 aromatic rings. The van der Waals surface area contributed by atoms with Crippen molar-refractivity contribution < 1.29 is 0 Å². The van der Waals surface area contributed by atoms with Crippen molar-refractivity contribution >= 4 is 104 Å². The van der Waals surface area contributed by atoms with Gasteiger partial charge in [-0.1, -0.05) is 128 Å². The van der Waals surface area contributed by atoms with E-state index in [0.717, 1.165) is 28.4 Å². The van der Waals surface area contributed by atoms with Gasteiger partial charge in [-0.25, -0.2) is 0 Å². The second kappa shape index (κ2) is 16.5. The number of hydrogen-bond acceptors (Lipinski definition) is 1. The Morgan fingerprint density at radius 3 is 0.841 bits per heavy atom. The summed E-state index contributed by atoms with van der Waals surface area (Å²) in [5, 5.41) is 10.1. The largest absolute Gasteiger partial charge is 0.306 e. The second-order valence-corrected chi connectivity index (χ2v) is 24.6. The number of nitrogens with zero attached hydrogens (tertiary/aromatic N) is 5. The molecule has 0 amide bonds. The van der Waals surface area contributed by atoms with Gasteiger partial charge >= 0.3 is 0 Å². The number of aromatic nitrogens is 4. The Labute approximate surface area is 477 Å². The second-order valence-electron chi connectivity index (χ2n) is 24.6. The summed E-state index contributed by atoms with van der Waals surface area (Å²) >= 11 is 0. The lowest BCUT2D eigenvalue weighted by Crippen LogP contribution is -2.28. The molecule has 0 spiro atoms. The highest BCUT2D eigenvalue weighted by Crippen LogP contribution is 2.62. The molecule has 2 aliphatic rings. The molecular weight excluding hydrogens is 995 g/mol. The highest BCUT2D eigenvalue weighted by Gasteiger charge is 2.45. The summed E-state index contributed by atoms with van der Waals surface area (Å²) in [5.41, 5.74) is 33.9. The molecule has 0 N–H and O–H groups in total. The van der Waals surface area contributed by atoms with Crippen LogP contribution in [-0.4, -0.2) is 18.3 Å². The van der Waals surface area contributed by atoms with Crippen LogP contribution in [0.2, 0.25) is 0 Å². The van der Waals surface area contributed by atoms with E-state index < -0.39 is 0 Å². The highest BCUT2D eigenvalue weighted by molar-refractivity contribution is 6.20. The number of aryl methyl sites for hydroxylation is 10. The maximum Gasteiger partial charge on any atom is 0.0990 e. The molecule has 6 heterocycles. The van der Waals surface area contributed by atoms with Crippen molar-refractivity contribution in [2.45, 2.75) is 75.2 Å². The molecule has 4 aromatic heterocycles. The normalized spacial score (nSPS) is 13.0. The molecule has 2 aliphatic heterocycles. The first kappa shape index (κ1) is 47.2.